The number of amides is 1. The minimum atomic E-state index is -0.334. The number of carbonyl (C=O) groups is 1. The Morgan fingerprint density at radius 2 is 1.91 bits per heavy atom. The maximum Gasteiger partial charge on any atom is 0.219 e. The zero-order valence-electron chi connectivity index (χ0n) is 18.9. The van der Waals surface area contributed by atoms with Crippen molar-refractivity contribution in [2.75, 3.05) is 24.5 Å². The molecular weight excluding hydrogens is 423 g/mol. The number of aromatic nitrogens is 4. The van der Waals surface area contributed by atoms with Crippen molar-refractivity contribution in [3.05, 3.63) is 53.9 Å². The van der Waals surface area contributed by atoms with Crippen LogP contribution in [0.4, 0.5) is 10.2 Å². The van der Waals surface area contributed by atoms with Crippen molar-refractivity contribution < 1.29 is 13.9 Å². The number of piperidine rings is 1. The van der Waals surface area contributed by atoms with E-state index in [-0.39, 0.29) is 17.8 Å². The van der Waals surface area contributed by atoms with Crippen molar-refractivity contribution in [1.29, 1.82) is 0 Å². The highest BCUT2D eigenvalue weighted by Gasteiger charge is 2.28. The van der Waals surface area contributed by atoms with Gasteiger partial charge in [-0.3, -0.25) is 9.48 Å². The molecule has 1 saturated heterocycles. The SMILES string of the molecule is CC(=O)N1CCc2nc(N3CCC(Oc4ccccc4F)CC3)c(-c3cnn(C)c3)nc2C1. The molecular formula is C24H27FN6O2. The molecule has 4 heterocycles. The van der Waals surface area contributed by atoms with Gasteiger partial charge in [0.05, 0.1) is 24.1 Å². The number of nitrogens with zero attached hydrogens (tertiary/aromatic N) is 6. The second-order valence-electron chi connectivity index (χ2n) is 8.62. The lowest BCUT2D eigenvalue weighted by Crippen LogP contribution is -2.40. The summed E-state index contributed by atoms with van der Waals surface area (Å²) in [6, 6.07) is 6.53. The van der Waals surface area contributed by atoms with E-state index in [1.807, 2.05) is 13.2 Å². The number of benzene rings is 1. The molecule has 1 aromatic carbocycles. The van der Waals surface area contributed by atoms with Crippen molar-refractivity contribution >= 4 is 11.7 Å². The molecule has 0 radical (unpaired) electrons. The van der Waals surface area contributed by atoms with Crippen molar-refractivity contribution in [2.24, 2.45) is 7.05 Å². The molecule has 2 aliphatic rings. The number of ether oxygens (including phenoxy) is 1. The third-order valence-electron chi connectivity index (χ3n) is 6.29. The third-order valence-corrected chi connectivity index (χ3v) is 6.29. The van der Waals surface area contributed by atoms with Gasteiger partial charge in [-0.1, -0.05) is 12.1 Å². The number of anilines is 1. The molecule has 5 rings (SSSR count). The predicted molar refractivity (Wildman–Crippen MR) is 121 cm³/mol. The molecule has 2 aromatic heterocycles. The molecule has 1 fully saturated rings. The van der Waals surface area contributed by atoms with Gasteiger partial charge in [-0.2, -0.15) is 5.10 Å². The number of aryl methyl sites for hydroxylation is 1. The average molecular weight is 451 g/mol. The Hall–Kier alpha value is -3.49. The van der Waals surface area contributed by atoms with Crippen LogP contribution in [0.5, 0.6) is 5.75 Å². The summed E-state index contributed by atoms with van der Waals surface area (Å²) in [5.74, 6) is 0.850. The summed E-state index contributed by atoms with van der Waals surface area (Å²) in [6.45, 7) is 4.19. The van der Waals surface area contributed by atoms with Gasteiger partial charge in [0.15, 0.2) is 17.4 Å². The van der Waals surface area contributed by atoms with Crippen molar-refractivity contribution in [2.45, 2.75) is 38.8 Å². The Balaban J connectivity index is 1.39. The summed E-state index contributed by atoms with van der Waals surface area (Å²) in [4.78, 5) is 25.9. The number of fused-ring (bicyclic) bond motifs is 1. The summed E-state index contributed by atoms with van der Waals surface area (Å²) in [7, 11) is 1.87. The Bertz CT molecular complexity index is 1170. The minimum Gasteiger partial charge on any atom is -0.487 e. The number of hydrogen-bond donors (Lipinski definition) is 0. The quantitative estimate of drug-likeness (QED) is 0.608. The van der Waals surface area contributed by atoms with Crippen LogP contribution in [0, 0.1) is 5.82 Å². The van der Waals surface area contributed by atoms with Crippen LogP contribution in [-0.4, -0.2) is 56.3 Å². The highest BCUT2D eigenvalue weighted by molar-refractivity contribution is 5.74. The largest absolute Gasteiger partial charge is 0.487 e. The van der Waals surface area contributed by atoms with E-state index in [4.69, 9.17) is 14.7 Å². The predicted octanol–water partition coefficient (Wildman–Crippen LogP) is 2.97. The standard InChI is InChI=1S/C24H27FN6O2/c1-16(32)31-12-9-20-21(15-31)27-23(17-13-26-29(2)14-17)24(28-20)30-10-7-18(8-11-30)33-22-6-4-3-5-19(22)25/h3-6,13-14,18H,7-12,15H2,1-2H3. The number of para-hydroxylation sites is 1. The Morgan fingerprint density at radius 3 is 2.61 bits per heavy atom. The van der Waals surface area contributed by atoms with Crippen LogP contribution < -0.4 is 9.64 Å². The molecule has 0 unspecified atom stereocenters. The first kappa shape index (κ1) is 21.4. The summed E-state index contributed by atoms with van der Waals surface area (Å²) < 4.78 is 21.7. The van der Waals surface area contributed by atoms with Gasteiger partial charge >= 0.3 is 0 Å². The van der Waals surface area contributed by atoms with Gasteiger partial charge in [-0.05, 0) is 12.1 Å². The molecule has 2 aliphatic heterocycles. The molecule has 3 aromatic rings. The first-order valence-electron chi connectivity index (χ1n) is 11.3. The van der Waals surface area contributed by atoms with Gasteiger partial charge in [0.25, 0.3) is 0 Å². The van der Waals surface area contributed by atoms with E-state index in [1.54, 1.807) is 40.9 Å². The van der Waals surface area contributed by atoms with E-state index in [0.29, 0.717) is 25.3 Å². The molecule has 0 atom stereocenters. The van der Waals surface area contributed by atoms with Gasteiger partial charge in [0.2, 0.25) is 5.91 Å². The summed E-state index contributed by atoms with van der Waals surface area (Å²) in [5, 5.41) is 4.31. The van der Waals surface area contributed by atoms with Crippen LogP contribution in [0.1, 0.15) is 31.2 Å². The fourth-order valence-corrected chi connectivity index (χ4v) is 4.45. The molecule has 33 heavy (non-hydrogen) atoms. The lowest BCUT2D eigenvalue weighted by Gasteiger charge is -2.35. The zero-order valence-corrected chi connectivity index (χ0v) is 18.9. The van der Waals surface area contributed by atoms with Crippen LogP contribution in [0.25, 0.3) is 11.3 Å². The molecule has 1 amide bonds. The van der Waals surface area contributed by atoms with Gasteiger partial charge < -0.3 is 14.5 Å². The van der Waals surface area contributed by atoms with E-state index in [0.717, 1.165) is 54.4 Å². The molecule has 0 N–H and O–H groups in total. The second-order valence-corrected chi connectivity index (χ2v) is 8.62. The monoisotopic (exact) mass is 450 g/mol. The van der Waals surface area contributed by atoms with E-state index in [9.17, 15) is 9.18 Å². The first-order chi connectivity index (χ1) is 16.0. The summed E-state index contributed by atoms with van der Waals surface area (Å²) in [6.07, 6.45) is 5.89. The summed E-state index contributed by atoms with van der Waals surface area (Å²) in [5.41, 5.74) is 3.46. The number of halogens is 1. The topological polar surface area (TPSA) is 76.4 Å². The fraction of sp³-hybridized carbons (Fsp3) is 0.417. The lowest BCUT2D eigenvalue weighted by atomic mass is 10.1. The maximum atomic E-state index is 14.0. The van der Waals surface area contributed by atoms with Crippen molar-refractivity contribution in [3.8, 4) is 17.0 Å². The van der Waals surface area contributed by atoms with Gasteiger partial charge in [0, 0.05) is 64.6 Å². The van der Waals surface area contributed by atoms with Gasteiger partial charge in [-0.25, -0.2) is 14.4 Å². The number of rotatable bonds is 4. The third kappa shape index (κ3) is 4.40. The van der Waals surface area contributed by atoms with Crippen molar-refractivity contribution in [1.82, 2.24) is 24.6 Å². The van der Waals surface area contributed by atoms with E-state index in [2.05, 4.69) is 10.00 Å². The zero-order chi connectivity index (χ0) is 22.9. The first-order valence-corrected chi connectivity index (χ1v) is 11.3. The minimum absolute atomic E-state index is 0.0466. The van der Waals surface area contributed by atoms with Crippen LogP contribution in [-0.2, 0) is 24.8 Å². The normalized spacial score (nSPS) is 16.6. The lowest BCUT2D eigenvalue weighted by molar-refractivity contribution is -0.129. The fourth-order valence-electron chi connectivity index (χ4n) is 4.45. The second kappa shape index (κ2) is 8.80. The summed E-state index contributed by atoms with van der Waals surface area (Å²) >= 11 is 0. The Morgan fingerprint density at radius 1 is 1.12 bits per heavy atom. The average Bonchev–Trinajstić information content (AvgIpc) is 3.26. The highest BCUT2D eigenvalue weighted by atomic mass is 19.1. The van der Waals surface area contributed by atoms with Crippen LogP contribution in [0.2, 0.25) is 0 Å². The Labute approximate surface area is 192 Å². The molecule has 9 heteroatoms. The maximum absolute atomic E-state index is 14.0. The van der Waals surface area contributed by atoms with Crippen LogP contribution in [0.3, 0.4) is 0 Å². The highest BCUT2D eigenvalue weighted by Crippen LogP contribution is 2.32. The molecule has 8 nitrogen and oxygen atoms in total. The smallest absolute Gasteiger partial charge is 0.219 e. The van der Waals surface area contributed by atoms with E-state index < -0.39 is 0 Å². The number of hydrogen-bond acceptors (Lipinski definition) is 6. The molecule has 0 spiro atoms. The molecule has 0 bridgehead atoms. The molecule has 0 saturated carbocycles. The van der Waals surface area contributed by atoms with Gasteiger partial charge in [-0.15, -0.1) is 0 Å². The molecule has 172 valence electrons. The van der Waals surface area contributed by atoms with E-state index in [1.165, 1.54) is 6.07 Å². The van der Waals surface area contributed by atoms with E-state index >= 15 is 0 Å². The van der Waals surface area contributed by atoms with Gasteiger partial charge in [0.1, 0.15) is 11.8 Å². The Kier molecular flexibility index (Phi) is 5.70. The van der Waals surface area contributed by atoms with Crippen molar-refractivity contribution in [3.63, 3.8) is 0 Å². The van der Waals surface area contributed by atoms with Crippen LogP contribution in [0.15, 0.2) is 36.7 Å². The number of carbonyl (C=O) groups excluding carboxylic acids is 1. The van der Waals surface area contributed by atoms with Crippen LogP contribution >= 0.6 is 0 Å². The molecule has 0 aliphatic carbocycles.